The largest absolute Gasteiger partial charge is 0.399 e. The van der Waals surface area contributed by atoms with Crippen LogP contribution in [0.2, 0.25) is 0 Å². The molecule has 0 saturated carbocycles. The van der Waals surface area contributed by atoms with Crippen molar-refractivity contribution in [3.8, 4) is 0 Å². The average Bonchev–Trinajstić information content (AvgIpc) is 2.86. The molecular formula is C12H12N2S. The van der Waals surface area contributed by atoms with Crippen molar-refractivity contribution in [2.45, 2.75) is 9.62 Å². The van der Waals surface area contributed by atoms with Crippen LogP contribution in [0.25, 0.3) is 0 Å². The lowest BCUT2D eigenvalue weighted by molar-refractivity contribution is 0.712. The molecule has 0 spiro atoms. The van der Waals surface area contributed by atoms with E-state index in [4.69, 9.17) is 11.5 Å². The Balaban J connectivity index is 2.06. The fourth-order valence-electron chi connectivity index (χ4n) is 2.06. The predicted molar refractivity (Wildman–Crippen MR) is 65.3 cm³/mol. The third kappa shape index (κ3) is 1.10. The van der Waals surface area contributed by atoms with E-state index in [0.717, 1.165) is 5.69 Å². The number of nitrogens with two attached hydrogens (primary N) is 2. The fraction of sp³-hybridized carbons (Fsp3) is 0.167. The summed E-state index contributed by atoms with van der Waals surface area (Å²) in [6, 6.07) is 7.96. The number of rotatable bonds is 1. The van der Waals surface area contributed by atoms with Crippen molar-refractivity contribution in [1.29, 1.82) is 0 Å². The molecule has 2 atom stereocenters. The first-order valence-electron chi connectivity index (χ1n) is 4.88. The van der Waals surface area contributed by atoms with Gasteiger partial charge in [-0.3, -0.25) is 0 Å². The molecule has 1 aromatic rings. The number of allylic oxidation sites excluding steroid dienone is 2. The van der Waals surface area contributed by atoms with Gasteiger partial charge >= 0.3 is 0 Å². The second-order valence-electron chi connectivity index (χ2n) is 3.97. The highest BCUT2D eigenvalue weighted by Gasteiger charge is 2.65. The van der Waals surface area contributed by atoms with Gasteiger partial charge in [0.2, 0.25) is 0 Å². The molecular weight excluding hydrogens is 204 g/mol. The smallest absolute Gasteiger partial charge is 0.105 e. The summed E-state index contributed by atoms with van der Waals surface area (Å²) in [4.78, 5) is -0.252. The van der Waals surface area contributed by atoms with Gasteiger partial charge in [-0.25, -0.2) is 0 Å². The van der Waals surface area contributed by atoms with Gasteiger partial charge in [0.25, 0.3) is 0 Å². The lowest BCUT2D eigenvalue weighted by Gasteiger charge is -2.17. The number of hydrogen-bond acceptors (Lipinski definition) is 3. The molecule has 0 radical (unpaired) electrons. The molecule has 1 fully saturated rings. The Bertz CT molecular complexity index is 463. The molecule has 0 bridgehead atoms. The van der Waals surface area contributed by atoms with Gasteiger partial charge in [0.15, 0.2) is 0 Å². The number of anilines is 1. The van der Waals surface area contributed by atoms with Crippen LogP contribution in [0, 0.1) is 0 Å². The normalized spacial score (nSPS) is 36.3. The van der Waals surface area contributed by atoms with Gasteiger partial charge in [-0.2, -0.15) is 0 Å². The van der Waals surface area contributed by atoms with Gasteiger partial charge in [-0.1, -0.05) is 36.4 Å². The van der Waals surface area contributed by atoms with E-state index in [1.54, 1.807) is 11.8 Å². The molecule has 1 aliphatic heterocycles. The van der Waals surface area contributed by atoms with Crippen LogP contribution in [-0.4, -0.2) is 4.87 Å². The van der Waals surface area contributed by atoms with Gasteiger partial charge in [0.05, 0.1) is 4.75 Å². The summed E-state index contributed by atoms with van der Waals surface area (Å²) in [6.07, 6.45) is 8.30. The second kappa shape index (κ2) is 2.68. The van der Waals surface area contributed by atoms with Gasteiger partial charge in [0.1, 0.15) is 4.87 Å². The van der Waals surface area contributed by atoms with E-state index >= 15 is 0 Å². The van der Waals surface area contributed by atoms with Crippen LogP contribution in [-0.2, 0) is 4.75 Å². The van der Waals surface area contributed by atoms with Gasteiger partial charge in [-0.05, 0) is 17.7 Å². The average molecular weight is 216 g/mol. The summed E-state index contributed by atoms with van der Waals surface area (Å²) in [5, 5.41) is 0. The zero-order valence-electron chi connectivity index (χ0n) is 8.18. The number of fused-ring (bicyclic) bond motifs is 1. The summed E-state index contributed by atoms with van der Waals surface area (Å²) in [5.74, 6) is 0. The number of nitrogen functional groups attached to an aromatic ring is 1. The van der Waals surface area contributed by atoms with Crippen molar-refractivity contribution in [3.05, 3.63) is 54.1 Å². The molecule has 1 heterocycles. The number of benzene rings is 1. The Kier molecular flexibility index (Phi) is 1.62. The van der Waals surface area contributed by atoms with Crippen LogP contribution in [0.3, 0.4) is 0 Å². The van der Waals surface area contributed by atoms with Crippen molar-refractivity contribution >= 4 is 17.4 Å². The Labute approximate surface area is 93.0 Å². The highest BCUT2D eigenvalue weighted by atomic mass is 32.2. The zero-order chi connectivity index (χ0) is 10.5. The van der Waals surface area contributed by atoms with Crippen LogP contribution in [0.15, 0.2) is 48.6 Å². The SMILES string of the molecule is Nc1ccc(C23C=CC=CC2(N)S3)cc1. The molecule has 3 rings (SSSR count). The van der Waals surface area contributed by atoms with Crippen LogP contribution in [0.5, 0.6) is 0 Å². The first-order valence-corrected chi connectivity index (χ1v) is 5.70. The van der Waals surface area contributed by atoms with Gasteiger partial charge in [0, 0.05) is 5.69 Å². The molecule has 3 heteroatoms. The van der Waals surface area contributed by atoms with E-state index < -0.39 is 0 Å². The van der Waals surface area contributed by atoms with E-state index in [9.17, 15) is 0 Å². The van der Waals surface area contributed by atoms with Crippen molar-refractivity contribution in [3.63, 3.8) is 0 Å². The standard InChI is InChI=1S/C12H12N2S/c13-10-5-3-9(4-6-10)11-7-1-2-8-12(11,14)15-11/h1-8H,13-14H2. The lowest BCUT2D eigenvalue weighted by Crippen LogP contribution is -2.31. The molecule has 76 valence electrons. The molecule has 15 heavy (non-hydrogen) atoms. The maximum Gasteiger partial charge on any atom is 0.105 e. The maximum absolute atomic E-state index is 6.25. The Morgan fingerprint density at radius 1 is 1.00 bits per heavy atom. The zero-order valence-corrected chi connectivity index (χ0v) is 9.00. The minimum Gasteiger partial charge on any atom is -0.399 e. The first-order chi connectivity index (χ1) is 7.16. The van der Waals surface area contributed by atoms with Crippen LogP contribution in [0.1, 0.15) is 5.56 Å². The molecule has 1 aromatic carbocycles. The van der Waals surface area contributed by atoms with Crippen LogP contribution < -0.4 is 11.5 Å². The molecule has 1 aliphatic carbocycles. The lowest BCUT2D eigenvalue weighted by atomic mass is 9.89. The third-order valence-corrected chi connectivity index (χ3v) is 4.62. The van der Waals surface area contributed by atoms with Crippen molar-refractivity contribution in [2.75, 3.05) is 5.73 Å². The molecule has 2 unspecified atom stereocenters. The van der Waals surface area contributed by atoms with Crippen molar-refractivity contribution in [1.82, 2.24) is 0 Å². The summed E-state index contributed by atoms with van der Waals surface area (Å²) < 4.78 is -0.0601. The Morgan fingerprint density at radius 3 is 2.33 bits per heavy atom. The number of thioether (sulfide) groups is 1. The monoisotopic (exact) mass is 216 g/mol. The third-order valence-electron chi connectivity index (χ3n) is 2.99. The molecule has 0 aromatic heterocycles. The minimum atomic E-state index is -0.252. The van der Waals surface area contributed by atoms with Crippen molar-refractivity contribution in [2.24, 2.45) is 5.73 Å². The number of hydrogen-bond donors (Lipinski definition) is 2. The molecule has 0 amide bonds. The van der Waals surface area contributed by atoms with E-state index in [1.165, 1.54) is 5.56 Å². The fourth-order valence-corrected chi connectivity index (χ4v) is 3.35. The van der Waals surface area contributed by atoms with E-state index in [1.807, 2.05) is 18.2 Å². The maximum atomic E-state index is 6.25. The Morgan fingerprint density at radius 2 is 1.67 bits per heavy atom. The van der Waals surface area contributed by atoms with Gasteiger partial charge < -0.3 is 11.5 Å². The molecule has 2 aliphatic rings. The minimum absolute atomic E-state index is 0.0601. The highest BCUT2D eigenvalue weighted by molar-refractivity contribution is 8.09. The highest BCUT2D eigenvalue weighted by Crippen LogP contribution is 2.69. The van der Waals surface area contributed by atoms with Crippen LogP contribution >= 0.6 is 11.8 Å². The van der Waals surface area contributed by atoms with Gasteiger partial charge in [-0.15, -0.1) is 11.8 Å². The van der Waals surface area contributed by atoms with Crippen LogP contribution in [0.4, 0.5) is 5.69 Å². The second-order valence-corrected chi connectivity index (χ2v) is 5.49. The summed E-state index contributed by atoms with van der Waals surface area (Å²) >= 11 is 1.77. The molecule has 1 saturated heterocycles. The topological polar surface area (TPSA) is 52.0 Å². The first kappa shape index (κ1) is 9.07. The van der Waals surface area contributed by atoms with E-state index in [2.05, 4.69) is 30.4 Å². The summed E-state index contributed by atoms with van der Waals surface area (Å²) in [6.45, 7) is 0. The Hall–Kier alpha value is -1.19. The quantitative estimate of drug-likeness (QED) is 0.557. The predicted octanol–water partition coefficient (Wildman–Crippen LogP) is 1.99. The summed E-state index contributed by atoms with van der Waals surface area (Å²) in [7, 11) is 0. The van der Waals surface area contributed by atoms with Crippen molar-refractivity contribution < 1.29 is 0 Å². The van der Waals surface area contributed by atoms with E-state index in [0.29, 0.717) is 0 Å². The molecule has 2 nitrogen and oxygen atoms in total. The summed E-state index contributed by atoms with van der Waals surface area (Å²) in [5.41, 5.74) is 13.9. The van der Waals surface area contributed by atoms with E-state index in [-0.39, 0.29) is 9.62 Å². The molecule has 4 N–H and O–H groups in total.